The second-order valence-electron chi connectivity index (χ2n) is 3.47. The lowest BCUT2D eigenvalue weighted by Gasteiger charge is -2.00. The van der Waals surface area contributed by atoms with Gasteiger partial charge in [0.25, 0.3) is 0 Å². The third-order valence-electron chi connectivity index (χ3n) is 2.19. The van der Waals surface area contributed by atoms with E-state index in [9.17, 15) is 0 Å². The fourth-order valence-electron chi connectivity index (χ4n) is 1.19. The third kappa shape index (κ3) is 3.77. The largest absolute Gasteiger partial charge is 0.0976 e. The van der Waals surface area contributed by atoms with E-state index in [-0.39, 0.29) is 0 Å². The second kappa shape index (κ2) is 5.57. The number of hydrogen-bond acceptors (Lipinski definition) is 0. The van der Waals surface area contributed by atoms with Gasteiger partial charge in [-0.25, -0.2) is 0 Å². The molecule has 0 aliphatic rings. The minimum atomic E-state index is 0.654. The van der Waals surface area contributed by atoms with Crippen LogP contribution in [0.4, 0.5) is 0 Å². The summed E-state index contributed by atoms with van der Waals surface area (Å²) >= 11 is 5.82. The van der Waals surface area contributed by atoms with Crippen LogP contribution in [0.3, 0.4) is 0 Å². The van der Waals surface area contributed by atoms with Gasteiger partial charge >= 0.3 is 0 Å². The van der Waals surface area contributed by atoms with Gasteiger partial charge in [0.15, 0.2) is 0 Å². The Labute approximate surface area is 96.6 Å². The molecule has 0 bridgehead atoms. The molecule has 0 aliphatic heterocycles. The fourth-order valence-corrected chi connectivity index (χ4v) is 1.25. The SMILES string of the molecule is C=C/C(Cl)=C\C=C(/C)c1ccc(C)cc1. The van der Waals surface area contributed by atoms with Gasteiger partial charge in [-0.15, -0.1) is 0 Å². The summed E-state index contributed by atoms with van der Waals surface area (Å²) in [4.78, 5) is 0. The number of allylic oxidation sites excluding steroid dienone is 5. The highest BCUT2D eigenvalue weighted by molar-refractivity contribution is 6.31. The van der Waals surface area contributed by atoms with E-state index in [1.165, 1.54) is 16.7 Å². The zero-order chi connectivity index (χ0) is 11.3. The second-order valence-corrected chi connectivity index (χ2v) is 3.91. The molecule has 0 saturated heterocycles. The molecule has 1 heteroatoms. The van der Waals surface area contributed by atoms with Crippen molar-refractivity contribution in [3.63, 3.8) is 0 Å². The highest BCUT2D eigenvalue weighted by Gasteiger charge is 1.93. The first-order valence-corrected chi connectivity index (χ1v) is 5.25. The summed E-state index contributed by atoms with van der Waals surface area (Å²) in [6.45, 7) is 7.74. The van der Waals surface area contributed by atoms with Crippen molar-refractivity contribution in [3.05, 3.63) is 65.2 Å². The summed E-state index contributed by atoms with van der Waals surface area (Å²) in [5.74, 6) is 0. The zero-order valence-electron chi connectivity index (χ0n) is 9.13. The molecule has 78 valence electrons. The average Bonchev–Trinajstić information content (AvgIpc) is 2.26. The van der Waals surface area contributed by atoms with E-state index < -0.39 is 0 Å². The summed E-state index contributed by atoms with van der Waals surface area (Å²) in [6.07, 6.45) is 5.47. The number of hydrogen-bond donors (Lipinski definition) is 0. The summed E-state index contributed by atoms with van der Waals surface area (Å²) in [6, 6.07) is 8.42. The molecule has 0 nitrogen and oxygen atoms in total. The van der Waals surface area contributed by atoms with Gasteiger partial charge in [-0.3, -0.25) is 0 Å². The predicted molar refractivity (Wildman–Crippen MR) is 69.0 cm³/mol. The quantitative estimate of drug-likeness (QED) is 0.645. The van der Waals surface area contributed by atoms with Crippen molar-refractivity contribution in [2.24, 2.45) is 0 Å². The van der Waals surface area contributed by atoms with Gasteiger partial charge in [0, 0.05) is 5.03 Å². The molecular weight excluding hydrogens is 204 g/mol. The molecule has 0 N–H and O–H groups in total. The van der Waals surface area contributed by atoms with Crippen molar-refractivity contribution in [3.8, 4) is 0 Å². The van der Waals surface area contributed by atoms with Crippen LogP contribution in [0.2, 0.25) is 0 Å². The van der Waals surface area contributed by atoms with E-state index in [2.05, 4.69) is 44.7 Å². The van der Waals surface area contributed by atoms with E-state index in [1.54, 1.807) is 6.08 Å². The lowest BCUT2D eigenvalue weighted by Crippen LogP contribution is -1.79. The summed E-state index contributed by atoms with van der Waals surface area (Å²) in [7, 11) is 0. The van der Waals surface area contributed by atoms with Crippen LogP contribution >= 0.6 is 11.6 Å². The van der Waals surface area contributed by atoms with Crippen molar-refractivity contribution in [1.82, 2.24) is 0 Å². The van der Waals surface area contributed by atoms with E-state index in [0.29, 0.717) is 5.03 Å². The van der Waals surface area contributed by atoms with Crippen LogP contribution in [0.15, 0.2) is 54.1 Å². The molecule has 0 amide bonds. The Morgan fingerprint density at radius 1 is 1.20 bits per heavy atom. The topological polar surface area (TPSA) is 0 Å². The first-order valence-electron chi connectivity index (χ1n) is 4.87. The van der Waals surface area contributed by atoms with E-state index in [0.717, 1.165) is 0 Å². The first-order chi connectivity index (χ1) is 7.13. The lowest BCUT2D eigenvalue weighted by atomic mass is 10.1. The Kier molecular flexibility index (Phi) is 4.38. The van der Waals surface area contributed by atoms with Crippen molar-refractivity contribution < 1.29 is 0 Å². The number of aryl methyl sites for hydroxylation is 1. The molecular formula is C14H15Cl. The Morgan fingerprint density at radius 3 is 2.33 bits per heavy atom. The summed E-state index contributed by atoms with van der Waals surface area (Å²) in [5.41, 5.74) is 3.67. The monoisotopic (exact) mass is 218 g/mol. The molecule has 0 fully saturated rings. The molecule has 1 aromatic rings. The van der Waals surface area contributed by atoms with Crippen molar-refractivity contribution >= 4 is 17.2 Å². The van der Waals surface area contributed by atoms with E-state index in [1.807, 2.05) is 12.2 Å². The van der Waals surface area contributed by atoms with Crippen LogP contribution in [0, 0.1) is 6.92 Å². The fraction of sp³-hybridized carbons (Fsp3) is 0.143. The zero-order valence-corrected chi connectivity index (χ0v) is 9.88. The minimum absolute atomic E-state index is 0.654. The van der Waals surface area contributed by atoms with Crippen LogP contribution in [0.25, 0.3) is 5.57 Å². The predicted octanol–water partition coefficient (Wildman–Crippen LogP) is 4.71. The molecule has 0 atom stereocenters. The molecule has 0 heterocycles. The van der Waals surface area contributed by atoms with Crippen molar-refractivity contribution in [2.75, 3.05) is 0 Å². The number of benzene rings is 1. The molecule has 15 heavy (non-hydrogen) atoms. The Bertz CT molecular complexity index is 394. The van der Waals surface area contributed by atoms with E-state index >= 15 is 0 Å². The van der Waals surface area contributed by atoms with Crippen molar-refractivity contribution in [2.45, 2.75) is 13.8 Å². The minimum Gasteiger partial charge on any atom is -0.0976 e. The van der Waals surface area contributed by atoms with Crippen molar-refractivity contribution in [1.29, 1.82) is 0 Å². The van der Waals surface area contributed by atoms with Crippen LogP contribution in [-0.2, 0) is 0 Å². The van der Waals surface area contributed by atoms with Gasteiger partial charge in [-0.05, 0) is 31.1 Å². The van der Waals surface area contributed by atoms with Gasteiger partial charge in [0.1, 0.15) is 0 Å². The van der Waals surface area contributed by atoms with Gasteiger partial charge in [-0.1, -0.05) is 60.2 Å². The van der Waals surface area contributed by atoms with Gasteiger partial charge in [-0.2, -0.15) is 0 Å². The smallest absolute Gasteiger partial charge is 0.0400 e. The lowest BCUT2D eigenvalue weighted by molar-refractivity contribution is 1.44. The molecule has 0 saturated carbocycles. The maximum Gasteiger partial charge on any atom is 0.0400 e. The Balaban J connectivity index is 2.89. The number of halogens is 1. The van der Waals surface area contributed by atoms with Crippen LogP contribution < -0.4 is 0 Å². The summed E-state index contributed by atoms with van der Waals surface area (Å²) in [5, 5.41) is 0.654. The van der Waals surface area contributed by atoms with E-state index in [4.69, 9.17) is 11.6 Å². The molecule has 0 spiro atoms. The van der Waals surface area contributed by atoms with Gasteiger partial charge in [0.05, 0.1) is 0 Å². The van der Waals surface area contributed by atoms with Gasteiger partial charge < -0.3 is 0 Å². The Hall–Kier alpha value is -1.27. The molecule has 1 rings (SSSR count). The van der Waals surface area contributed by atoms with Crippen LogP contribution in [-0.4, -0.2) is 0 Å². The molecule has 0 radical (unpaired) electrons. The van der Waals surface area contributed by atoms with Gasteiger partial charge in [0.2, 0.25) is 0 Å². The Morgan fingerprint density at radius 2 is 1.80 bits per heavy atom. The molecule has 0 unspecified atom stereocenters. The average molecular weight is 219 g/mol. The molecule has 0 aliphatic carbocycles. The maximum atomic E-state index is 5.82. The maximum absolute atomic E-state index is 5.82. The highest BCUT2D eigenvalue weighted by Crippen LogP contribution is 2.15. The van der Waals surface area contributed by atoms with Crippen LogP contribution in [0.1, 0.15) is 18.1 Å². The normalized spacial score (nSPS) is 12.7. The number of rotatable bonds is 3. The highest BCUT2D eigenvalue weighted by atomic mass is 35.5. The van der Waals surface area contributed by atoms with Crippen LogP contribution in [0.5, 0.6) is 0 Å². The first kappa shape index (κ1) is 11.8. The molecule has 1 aromatic carbocycles. The summed E-state index contributed by atoms with van der Waals surface area (Å²) < 4.78 is 0. The third-order valence-corrected chi connectivity index (χ3v) is 2.47. The standard InChI is InChI=1S/C14H15Cl/c1-4-14(15)10-7-12(3)13-8-5-11(2)6-9-13/h4-10H,1H2,2-3H3/b12-7+,14-10+. The molecule has 0 aromatic heterocycles.